The molecule has 2 saturated heterocycles. The van der Waals surface area contributed by atoms with Crippen LogP contribution in [-0.4, -0.2) is 80.1 Å². The van der Waals surface area contributed by atoms with Crippen molar-refractivity contribution in [3.63, 3.8) is 0 Å². The van der Waals surface area contributed by atoms with Gasteiger partial charge in [0.25, 0.3) is 5.91 Å². The molecule has 0 N–H and O–H groups in total. The average molecular weight is 365 g/mol. The molecule has 27 heavy (non-hydrogen) atoms. The van der Waals surface area contributed by atoms with E-state index in [2.05, 4.69) is 57.1 Å². The number of hydrogen-bond donors (Lipinski definition) is 0. The van der Waals surface area contributed by atoms with Crippen molar-refractivity contribution in [1.82, 2.24) is 14.8 Å². The maximum absolute atomic E-state index is 12.8. The van der Waals surface area contributed by atoms with Gasteiger partial charge in [-0.05, 0) is 31.3 Å². The molecule has 0 unspecified atom stereocenters. The Morgan fingerprint density at radius 1 is 0.815 bits per heavy atom. The van der Waals surface area contributed by atoms with Gasteiger partial charge in [-0.2, -0.15) is 0 Å². The number of aromatic nitrogens is 1. The highest BCUT2D eigenvalue weighted by molar-refractivity contribution is 5.93. The molecule has 0 bridgehead atoms. The molecule has 0 radical (unpaired) electrons. The Kier molecular flexibility index (Phi) is 5.25. The van der Waals surface area contributed by atoms with E-state index in [1.165, 1.54) is 5.69 Å². The van der Waals surface area contributed by atoms with Crippen LogP contribution in [0.2, 0.25) is 0 Å². The number of likely N-dealkylation sites (N-methyl/N-ethyl adjacent to an activating group) is 1. The number of carbonyl (C=O) groups excluding carboxylic acids is 1. The molecule has 3 heterocycles. The van der Waals surface area contributed by atoms with Crippen LogP contribution in [0.5, 0.6) is 0 Å². The third kappa shape index (κ3) is 4.06. The molecule has 142 valence electrons. The number of nitrogens with zero attached hydrogens (tertiary/aromatic N) is 5. The summed E-state index contributed by atoms with van der Waals surface area (Å²) in [6, 6.07) is 14.5. The van der Waals surface area contributed by atoms with Gasteiger partial charge in [-0.1, -0.05) is 18.2 Å². The summed E-state index contributed by atoms with van der Waals surface area (Å²) in [4.78, 5) is 26.1. The summed E-state index contributed by atoms with van der Waals surface area (Å²) in [7, 11) is 2.09. The SMILES string of the molecule is CN1CCN(C(=O)c2cc(N3CCN(c4ccccc4)CC3)ccn2)CC1. The van der Waals surface area contributed by atoms with Crippen LogP contribution in [0, 0.1) is 0 Å². The molecule has 2 fully saturated rings. The Balaban J connectivity index is 1.40. The first kappa shape index (κ1) is 17.8. The summed E-state index contributed by atoms with van der Waals surface area (Å²) in [5, 5.41) is 0. The zero-order valence-electron chi connectivity index (χ0n) is 15.9. The number of benzene rings is 1. The first-order chi connectivity index (χ1) is 13.2. The molecule has 6 nitrogen and oxygen atoms in total. The summed E-state index contributed by atoms with van der Waals surface area (Å²) in [6.07, 6.45) is 1.77. The fraction of sp³-hybridized carbons (Fsp3) is 0.429. The topological polar surface area (TPSA) is 42.9 Å². The number of para-hydroxylation sites is 1. The van der Waals surface area contributed by atoms with Gasteiger partial charge in [0.05, 0.1) is 0 Å². The Morgan fingerprint density at radius 2 is 1.44 bits per heavy atom. The van der Waals surface area contributed by atoms with Gasteiger partial charge in [-0.15, -0.1) is 0 Å². The van der Waals surface area contributed by atoms with Crippen molar-refractivity contribution in [1.29, 1.82) is 0 Å². The number of piperazine rings is 2. The molecular formula is C21H27N5O. The first-order valence-corrected chi connectivity index (χ1v) is 9.69. The Hall–Kier alpha value is -2.60. The van der Waals surface area contributed by atoms with Crippen molar-refractivity contribution in [2.45, 2.75) is 0 Å². The van der Waals surface area contributed by atoms with Gasteiger partial charge in [-0.25, -0.2) is 0 Å². The van der Waals surface area contributed by atoms with Crippen molar-refractivity contribution in [3.05, 3.63) is 54.4 Å². The van der Waals surface area contributed by atoms with E-state index in [1.807, 2.05) is 17.0 Å². The second-order valence-corrected chi connectivity index (χ2v) is 7.30. The summed E-state index contributed by atoms with van der Waals surface area (Å²) in [5.41, 5.74) is 2.93. The second-order valence-electron chi connectivity index (χ2n) is 7.30. The summed E-state index contributed by atoms with van der Waals surface area (Å²) < 4.78 is 0. The number of carbonyl (C=O) groups is 1. The molecule has 1 aromatic carbocycles. The molecule has 0 aliphatic carbocycles. The molecule has 6 heteroatoms. The fourth-order valence-corrected chi connectivity index (χ4v) is 3.77. The number of rotatable bonds is 3. The van der Waals surface area contributed by atoms with Crippen molar-refractivity contribution in [2.24, 2.45) is 0 Å². The van der Waals surface area contributed by atoms with Gasteiger partial charge in [0, 0.05) is 69.9 Å². The van der Waals surface area contributed by atoms with Crippen LogP contribution in [0.25, 0.3) is 0 Å². The highest BCUT2D eigenvalue weighted by Crippen LogP contribution is 2.21. The number of pyridine rings is 1. The largest absolute Gasteiger partial charge is 0.368 e. The van der Waals surface area contributed by atoms with E-state index in [1.54, 1.807) is 6.20 Å². The summed E-state index contributed by atoms with van der Waals surface area (Å²) in [6.45, 7) is 7.25. The standard InChI is InChI=1S/C21H27N5O/c1-23-9-11-26(12-10-23)21(27)20-17-19(7-8-22-20)25-15-13-24(14-16-25)18-5-3-2-4-6-18/h2-8,17H,9-16H2,1H3. The van der Waals surface area contributed by atoms with Crippen LogP contribution in [-0.2, 0) is 0 Å². The van der Waals surface area contributed by atoms with Crippen LogP contribution in [0.1, 0.15) is 10.5 Å². The van der Waals surface area contributed by atoms with E-state index in [4.69, 9.17) is 0 Å². The predicted octanol–water partition coefficient (Wildman–Crippen LogP) is 1.80. The molecule has 4 rings (SSSR count). The Morgan fingerprint density at radius 3 is 2.11 bits per heavy atom. The Labute approximate surface area is 161 Å². The zero-order chi connectivity index (χ0) is 18.6. The van der Waals surface area contributed by atoms with Crippen LogP contribution in [0.15, 0.2) is 48.7 Å². The van der Waals surface area contributed by atoms with E-state index in [0.29, 0.717) is 5.69 Å². The molecule has 2 aliphatic rings. The lowest BCUT2D eigenvalue weighted by atomic mass is 10.2. The van der Waals surface area contributed by atoms with Gasteiger partial charge < -0.3 is 19.6 Å². The van der Waals surface area contributed by atoms with Gasteiger partial charge in [0.2, 0.25) is 0 Å². The van der Waals surface area contributed by atoms with Crippen LogP contribution in [0.3, 0.4) is 0 Å². The minimum absolute atomic E-state index is 0.0490. The highest BCUT2D eigenvalue weighted by Gasteiger charge is 2.23. The van der Waals surface area contributed by atoms with E-state index in [0.717, 1.165) is 58.0 Å². The quantitative estimate of drug-likeness (QED) is 0.830. The monoisotopic (exact) mass is 365 g/mol. The lowest BCUT2D eigenvalue weighted by Crippen LogP contribution is -2.47. The summed E-state index contributed by atoms with van der Waals surface area (Å²) in [5.74, 6) is 0.0490. The van der Waals surface area contributed by atoms with Gasteiger partial charge >= 0.3 is 0 Å². The van der Waals surface area contributed by atoms with Crippen LogP contribution >= 0.6 is 0 Å². The minimum atomic E-state index is 0.0490. The van der Waals surface area contributed by atoms with Crippen molar-refractivity contribution in [2.75, 3.05) is 69.2 Å². The number of anilines is 2. The molecule has 1 amide bonds. The van der Waals surface area contributed by atoms with E-state index in [-0.39, 0.29) is 5.91 Å². The molecule has 0 saturated carbocycles. The molecule has 1 aromatic heterocycles. The molecule has 0 spiro atoms. The number of hydrogen-bond acceptors (Lipinski definition) is 5. The molecule has 0 atom stereocenters. The second kappa shape index (κ2) is 7.96. The van der Waals surface area contributed by atoms with E-state index in [9.17, 15) is 4.79 Å². The maximum atomic E-state index is 12.8. The molecular weight excluding hydrogens is 338 g/mol. The van der Waals surface area contributed by atoms with E-state index >= 15 is 0 Å². The average Bonchev–Trinajstić information content (AvgIpc) is 2.75. The van der Waals surface area contributed by atoms with Crippen LogP contribution < -0.4 is 9.80 Å². The zero-order valence-corrected chi connectivity index (χ0v) is 15.9. The fourth-order valence-electron chi connectivity index (χ4n) is 3.77. The molecule has 2 aromatic rings. The third-order valence-electron chi connectivity index (χ3n) is 5.52. The number of amides is 1. The third-order valence-corrected chi connectivity index (χ3v) is 5.52. The minimum Gasteiger partial charge on any atom is -0.368 e. The summed E-state index contributed by atoms with van der Waals surface area (Å²) >= 11 is 0. The first-order valence-electron chi connectivity index (χ1n) is 9.69. The highest BCUT2D eigenvalue weighted by atomic mass is 16.2. The van der Waals surface area contributed by atoms with Crippen molar-refractivity contribution >= 4 is 17.3 Å². The van der Waals surface area contributed by atoms with Crippen molar-refractivity contribution in [3.8, 4) is 0 Å². The normalized spacial score (nSPS) is 18.6. The van der Waals surface area contributed by atoms with Gasteiger partial charge in [0.1, 0.15) is 5.69 Å². The van der Waals surface area contributed by atoms with Gasteiger partial charge in [-0.3, -0.25) is 9.78 Å². The molecule has 2 aliphatic heterocycles. The van der Waals surface area contributed by atoms with Gasteiger partial charge in [0.15, 0.2) is 0 Å². The lowest BCUT2D eigenvalue weighted by molar-refractivity contribution is 0.0658. The van der Waals surface area contributed by atoms with Crippen LogP contribution in [0.4, 0.5) is 11.4 Å². The maximum Gasteiger partial charge on any atom is 0.272 e. The Bertz CT molecular complexity index is 765. The smallest absolute Gasteiger partial charge is 0.272 e. The predicted molar refractivity (Wildman–Crippen MR) is 109 cm³/mol. The van der Waals surface area contributed by atoms with Crippen molar-refractivity contribution < 1.29 is 4.79 Å². The lowest BCUT2D eigenvalue weighted by Gasteiger charge is -2.37. The van der Waals surface area contributed by atoms with E-state index < -0.39 is 0 Å².